The van der Waals surface area contributed by atoms with Crippen molar-refractivity contribution in [2.45, 2.75) is 6.92 Å². The Balaban J connectivity index is 2.51. The lowest BCUT2D eigenvalue weighted by Crippen LogP contribution is -2.10. The van der Waals surface area contributed by atoms with E-state index >= 15 is 0 Å². The molecule has 0 aliphatic rings. The maximum atomic E-state index is 11.8. The number of carbonyl (C=O) groups excluding carboxylic acids is 1. The molecule has 0 atom stereocenters. The highest BCUT2D eigenvalue weighted by Crippen LogP contribution is 2.23. The molecule has 0 saturated carbocycles. The van der Waals surface area contributed by atoms with E-state index in [9.17, 15) is 4.79 Å². The summed E-state index contributed by atoms with van der Waals surface area (Å²) in [6.45, 7) is 2.04. The van der Waals surface area contributed by atoms with E-state index in [1.807, 2.05) is 6.07 Å². The van der Waals surface area contributed by atoms with E-state index in [1.54, 1.807) is 37.5 Å². The highest BCUT2D eigenvalue weighted by atomic mass is 16.5. The first-order chi connectivity index (χ1) is 8.72. The summed E-state index contributed by atoms with van der Waals surface area (Å²) < 4.78 is 4.97. The molecule has 18 heavy (non-hydrogen) atoms. The number of aromatic nitrogens is 2. The largest absolute Gasteiger partial charge is 0.461 e. The van der Waals surface area contributed by atoms with Crippen LogP contribution >= 0.6 is 0 Å². The second kappa shape index (κ2) is 5.27. The number of pyridine rings is 2. The van der Waals surface area contributed by atoms with Crippen LogP contribution in [0, 0.1) is 0 Å². The molecule has 0 unspecified atom stereocenters. The summed E-state index contributed by atoms with van der Waals surface area (Å²) in [5.74, 6) is -0.200. The van der Waals surface area contributed by atoms with Crippen LogP contribution in [0.4, 0.5) is 5.82 Å². The Morgan fingerprint density at radius 2 is 2.22 bits per heavy atom. The lowest BCUT2D eigenvalue weighted by molar-refractivity contribution is 0.0520. The van der Waals surface area contributed by atoms with Gasteiger partial charge in [-0.3, -0.25) is 4.98 Å². The summed E-state index contributed by atoms with van der Waals surface area (Å²) in [4.78, 5) is 19.9. The van der Waals surface area contributed by atoms with Gasteiger partial charge in [-0.05, 0) is 25.1 Å². The van der Waals surface area contributed by atoms with E-state index in [0.717, 1.165) is 5.56 Å². The van der Waals surface area contributed by atoms with Crippen LogP contribution in [0.3, 0.4) is 0 Å². The summed E-state index contributed by atoms with van der Waals surface area (Å²) in [7, 11) is 0. The molecule has 0 bridgehead atoms. The minimum atomic E-state index is -0.483. The topological polar surface area (TPSA) is 78.1 Å². The van der Waals surface area contributed by atoms with Crippen molar-refractivity contribution in [3.05, 3.63) is 42.4 Å². The van der Waals surface area contributed by atoms with Crippen LogP contribution in [-0.4, -0.2) is 22.5 Å². The number of esters is 1. The normalized spacial score (nSPS) is 10.1. The first-order valence-corrected chi connectivity index (χ1v) is 5.56. The molecule has 0 aromatic carbocycles. The van der Waals surface area contributed by atoms with Crippen molar-refractivity contribution in [1.29, 1.82) is 0 Å². The third-order valence-corrected chi connectivity index (χ3v) is 2.36. The molecule has 5 heteroatoms. The molecule has 0 radical (unpaired) electrons. The van der Waals surface area contributed by atoms with Gasteiger partial charge in [0.15, 0.2) is 5.69 Å². The van der Waals surface area contributed by atoms with E-state index in [1.165, 1.54) is 0 Å². The summed E-state index contributed by atoms with van der Waals surface area (Å²) in [5.41, 5.74) is 7.28. The molecule has 2 rings (SSSR count). The highest BCUT2D eigenvalue weighted by molar-refractivity contribution is 5.95. The van der Waals surface area contributed by atoms with E-state index in [-0.39, 0.29) is 11.5 Å². The molecule has 2 aromatic rings. The number of anilines is 1. The average Bonchev–Trinajstić information content (AvgIpc) is 2.40. The van der Waals surface area contributed by atoms with E-state index in [2.05, 4.69) is 9.97 Å². The van der Waals surface area contributed by atoms with Gasteiger partial charge >= 0.3 is 5.97 Å². The zero-order chi connectivity index (χ0) is 13.0. The van der Waals surface area contributed by atoms with E-state index in [4.69, 9.17) is 10.5 Å². The molecule has 92 valence electrons. The van der Waals surface area contributed by atoms with Gasteiger partial charge in [-0.2, -0.15) is 0 Å². The van der Waals surface area contributed by atoms with Gasteiger partial charge < -0.3 is 10.5 Å². The van der Waals surface area contributed by atoms with Crippen molar-refractivity contribution in [1.82, 2.24) is 9.97 Å². The Morgan fingerprint density at radius 1 is 1.39 bits per heavy atom. The smallest absolute Gasteiger partial charge is 0.357 e. The number of carbonyl (C=O) groups is 1. The Morgan fingerprint density at radius 3 is 2.89 bits per heavy atom. The lowest BCUT2D eigenvalue weighted by atomic mass is 10.1. The molecular weight excluding hydrogens is 230 g/mol. The van der Waals surface area contributed by atoms with Crippen LogP contribution in [0.2, 0.25) is 0 Å². The lowest BCUT2D eigenvalue weighted by Gasteiger charge is -2.08. The van der Waals surface area contributed by atoms with Crippen LogP contribution in [0.15, 0.2) is 36.7 Å². The predicted molar refractivity (Wildman–Crippen MR) is 67.8 cm³/mol. The number of nitrogens with zero attached hydrogens (tertiary/aromatic N) is 2. The van der Waals surface area contributed by atoms with Gasteiger partial charge in [-0.1, -0.05) is 6.07 Å². The quantitative estimate of drug-likeness (QED) is 0.833. The fourth-order valence-electron chi connectivity index (χ4n) is 1.58. The number of ether oxygens (including phenoxy) is 1. The fraction of sp³-hybridized carbons (Fsp3) is 0.154. The molecular formula is C13H13N3O2. The van der Waals surface area contributed by atoms with Gasteiger partial charge in [0.1, 0.15) is 5.82 Å². The third-order valence-electron chi connectivity index (χ3n) is 2.36. The van der Waals surface area contributed by atoms with Gasteiger partial charge in [0.2, 0.25) is 0 Å². The van der Waals surface area contributed by atoms with Crippen molar-refractivity contribution in [2.24, 2.45) is 0 Å². The summed E-state index contributed by atoms with van der Waals surface area (Å²) in [6.07, 6.45) is 3.33. The first kappa shape index (κ1) is 12.0. The molecule has 0 saturated heterocycles. The van der Waals surface area contributed by atoms with Gasteiger partial charge in [0.05, 0.1) is 6.61 Å². The molecule has 5 nitrogen and oxygen atoms in total. The van der Waals surface area contributed by atoms with Crippen LogP contribution in [0.25, 0.3) is 11.1 Å². The Kier molecular flexibility index (Phi) is 3.52. The summed E-state index contributed by atoms with van der Waals surface area (Å²) in [5, 5.41) is 0. The third kappa shape index (κ3) is 2.45. The van der Waals surface area contributed by atoms with Crippen molar-refractivity contribution < 1.29 is 9.53 Å². The predicted octanol–water partition coefficient (Wildman–Crippen LogP) is 1.90. The van der Waals surface area contributed by atoms with E-state index < -0.39 is 5.97 Å². The van der Waals surface area contributed by atoms with Crippen LogP contribution in [0.5, 0.6) is 0 Å². The van der Waals surface area contributed by atoms with Crippen molar-refractivity contribution in [3.8, 4) is 11.1 Å². The molecule has 0 aliphatic heterocycles. The number of hydrogen-bond acceptors (Lipinski definition) is 5. The Hall–Kier alpha value is -2.43. The standard InChI is InChI=1S/C13H13N3O2/c1-2-18-13(17)12-10(5-6-11(14)16-12)9-4-3-7-15-8-9/h3-8H,2H2,1H3,(H2,14,16). The second-order valence-corrected chi connectivity index (χ2v) is 3.59. The van der Waals surface area contributed by atoms with Crippen molar-refractivity contribution in [3.63, 3.8) is 0 Å². The fourth-order valence-corrected chi connectivity index (χ4v) is 1.58. The zero-order valence-corrected chi connectivity index (χ0v) is 9.96. The Labute approximate surface area is 105 Å². The van der Waals surface area contributed by atoms with Crippen LogP contribution in [-0.2, 0) is 4.74 Å². The molecule has 2 aromatic heterocycles. The first-order valence-electron chi connectivity index (χ1n) is 5.56. The molecule has 0 amide bonds. The summed E-state index contributed by atoms with van der Waals surface area (Å²) in [6, 6.07) is 7.03. The Bertz CT molecular complexity index is 555. The van der Waals surface area contributed by atoms with Crippen molar-refractivity contribution in [2.75, 3.05) is 12.3 Å². The number of hydrogen-bond donors (Lipinski definition) is 1. The molecule has 2 N–H and O–H groups in total. The SMILES string of the molecule is CCOC(=O)c1nc(N)ccc1-c1cccnc1. The van der Waals surface area contributed by atoms with Gasteiger partial charge in [-0.25, -0.2) is 9.78 Å². The minimum absolute atomic E-state index is 0.213. The van der Waals surface area contributed by atoms with Crippen LogP contribution < -0.4 is 5.73 Å². The number of nitrogen functional groups attached to an aromatic ring is 1. The van der Waals surface area contributed by atoms with Crippen molar-refractivity contribution >= 4 is 11.8 Å². The molecule has 0 aliphatic carbocycles. The van der Waals surface area contributed by atoms with Gasteiger partial charge in [0.25, 0.3) is 0 Å². The minimum Gasteiger partial charge on any atom is -0.461 e. The molecule has 0 spiro atoms. The zero-order valence-electron chi connectivity index (χ0n) is 9.96. The maximum absolute atomic E-state index is 11.8. The van der Waals surface area contributed by atoms with E-state index in [0.29, 0.717) is 12.2 Å². The maximum Gasteiger partial charge on any atom is 0.357 e. The average molecular weight is 243 g/mol. The highest BCUT2D eigenvalue weighted by Gasteiger charge is 2.16. The monoisotopic (exact) mass is 243 g/mol. The summed E-state index contributed by atoms with van der Waals surface area (Å²) >= 11 is 0. The van der Waals surface area contributed by atoms with Gasteiger partial charge in [-0.15, -0.1) is 0 Å². The number of rotatable bonds is 3. The second-order valence-electron chi connectivity index (χ2n) is 3.59. The molecule has 0 fully saturated rings. The molecule has 2 heterocycles. The number of nitrogens with two attached hydrogens (primary N) is 1. The van der Waals surface area contributed by atoms with Gasteiger partial charge in [0, 0.05) is 23.5 Å². The van der Waals surface area contributed by atoms with Crippen LogP contribution in [0.1, 0.15) is 17.4 Å².